The lowest BCUT2D eigenvalue weighted by molar-refractivity contribution is 0.00395. The summed E-state index contributed by atoms with van der Waals surface area (Å²) in [4.78, 5) is 27.9. The fourth-order valence-electron chi connectivity index (χ4n) is 8.26. The van der Waals surface area contributed by atoms with Crippen molar-refractivity contribution in [1.82, 2.24) is 4.90 Å². The largest absolute Gasteiger partial charge is 0.508 e. The van der Waals surface area contributed by atoms with Gasteiger partial charge in [0.2, 0.25) is 0 Å². The van der Waals surface area contributed by atoms with Gasteiger partial charge in [-0.25, -0.2) is 0 Å². The van der Waals surface area contributed by atoms with E-state index in [9.17, 15) is 14.7 Å². The van der Waals surface area contributed by atoms with E-state index in [4.69, 9.17) is 9.47 Å². The summed E-state index contributed by atoms with van der Waals surface area (Å²) in [5, 5.41) is 10.0. The number of hydrogen-bond acceptors (Lipinski definition) is 5. The number of methoxy groups -OCH3 is 1. The van der Waals surface area contributed by atoms with Crippen molar-refractivity contribution in [2.24, 2.45) is 29.1 Å². The Balaban J connectivity index is 1.27. The molecule has 210 valence electrons. The van der Waals surface area contributed by atoms with Crippen LogP contribution in [0.1, 0.15) is 92.0 Å². The highest BCUT2D eigenvalue weighted by atomic mass is 16.5. The maximum atomic E-state index is 13.4. The second kappa shape index (κ2) is 10.9. The summed E-state index contributed by atoms with van der Waals surface area (Å²) < 4.78 is 11.8. The van der Waals surface area contributed by atoms with Gasteiger partial charge in [-0.15, -0.1) is 0 Å². The van der Waals surface area contributed by atoms with Gasteiger partial charge in [0, 0.05) is 30.1 Å². The first kappa shape index (κ1) is 27.5. The third kappa shape index (κ3) is 4.70. The van der Waals surface area contributed by atoms with Crippen LogP contribution in [0.5, 0.6) is 17.2 Å². The Bertz CT molecular complexity index is 1240. The Kier molecular flexibility index (Phi) is 7.67. The molecule has 1 N–H and O–H groups in total. The topological polar surface area (TPSA) is 76.1 Å². The molecular formula is C33H43NO5. The summed E-state index contributed by atoms with van der Waals surface area (Å²) in [5.41, 5.74) is 2.68. The Labute approximate surface area is 232 Å². The summed E-state index contributed by atoms with van der Waals surface area (Å²) in [5.74, 6) is 3.41. The molecule has 0 radical (unpaired) electrons. The Morgan fingerprint density at radius 3 is 2.56 bits per heavy atom. The third-order valence-corrected chi connectivity index (χ3v) is 10.4. The number of aromatic hydroxyl groups is 1. The van der Waals surface area contributed by atoms with Gasteiger partial charge < -0.3 is 19.5 Å². The van der Waals surface area contributed by atoms with Gasteiger partial charge in [-0.2, -0.15) is 0 Å². The van der Waals surface area contributed by atoms with Gasteiger partial charge in [0.1, 0.15) is 5.75 Å². The highest BCUT2D eigenvalue weighted by Crippen LogP contribution is 2.64. The number of carbonyl (C=O) groups is 2. The Morgan fingerprint density at radius 1 is 1.08 bits per heavy atom. The van der Waals surface area contributed by atoms with Crippen LogP contribution in [0.25, 0.3) is 0 Å². The number of phenolic OH excluding ortho intramolecular Hbond substituents is 1. The normalized spacial score (nSPS) is 29.3. The van der Waals surface area contributed by atoms with Crippen LogP contribution in [0.4, 0.5) is 0 Å². The number of ketones is 1. The highest BCUT2D eigenvalue weighted by Gasteiger charge is 2.57. The summed E-state index contributed by atoms with van der Waals surface area (Å²) in [6, 6.07) is 10.9. The van der Waals surface area contributed by atoms with Gasteiger partial charge in [-0.1, -0.05) is 19.9 Å². The summed E-state index contributed by atoms with van der Waals surface area (Å²) >= 11 is 0. The van der Waals surface area contributed by atoms with E-state index < -0.39 is 0 Å². The van der Waals surface area contributed by atoms with Gasteiger partial charge in [-0.05, 0) is 111 Å². The molecule has 4 unspecified atom stereocenters. The van der Waals surface area contributed by atoms with Crippen molar-refractivity contribution in [1.29, 1.82) is 0 Å². The van der Waals surface area contributed by atoms with E-state index in [0.717, 1.165) is 43.2 Å². The number of fused-ring (bicyclic) bond motifs is 5. The summed E-state index contributed by atoms with van der Waals surface area (Å²) in [7, 11) is 1.61. The van der Waals surface area contributed by atoms with E-state index in [1.54, 1.807) is 30.2 Å². The van der Waals surface area contributed by atoms with E-state index in [0.29, 0.717) is 60.4 Å². The number of phenols is 1. The predicted molar refractivity (Wildman–Crippen MR) is 152 cm³/mol. The molecular weight excluding hydrogens is 490 g/mol. The molecule has 0 aliphatic heterocycles. The first-order valence-corrected chi connectivity index (χ1v) is 14.7. The number of carbonyl (C=O) groups excluding carboxylic acids is 2. The standard InChI is InChI=1S/C33H43NO5/c1-6-34(7-2)32(37)21-8-13-28(29(18-21)38-5)39-17-15-22-9-12-27-30-20(3)31(36)26-19-23(35)10-11-24(26)25(30)14-16-33(22,27)4/h8,10-11,13,18-20,22,25,27,30,35H,6-7,9,12,14-17H2,1-5H3/t20-,22+,25?,27?,30?,33?/m0/s1. The van der Waals surface area contributed by atoms with Crippen molar-refractivity contribution < 1.29 is 24.2 Å². The molecule has 39 heavy (non-hydrogen) atoms. The van der Waals surface area contributed by atoms with Gasteiger partial charge >= 0.3 is 0 Å². The van der Waals surface area contributed by atoms with E-state index in [-0.39, 0.29) is 28.8 Å². The average molecular weight is 534 g/mol. The van der Waals surface area contributed by atoms with Crippen LogP contribution < -0.4 is 9.47 Å². The molecule has 5 rings (SSSR count). The first-order valence-electron chi connectivity index (χ1n) is 14.7. The van der Waals surface area contributed by atoms with E-state index >= 15 is 0 Å². The molecule has 0 spiro atoms. The lowest BCUT2D eigenvalue weighted by atomic mass is 9.51. The summed E-state index contributed by atoms with van der Waals surface area (Å²) in [6.45, 7) is 10.4. The molecule has 2 saturated carbocycles. The van der Waals surface area contributed by atoms with E-state index in [1.807, 2.05) is 32.0 Å². The van der Waals surface area contributed by atoms with Crippen LogP contribution in [0.2, 0.25) is 0 Å². The van der Waals surface area contributed by atoms with Gasteiger partial charge in [-0.3, -0.25) is 9.59 Å². The predicted octanol–water partition coefficient (Wildman–Crippen LogP) is 6.71. The average Bonchev–Trinajstić information content (AvgIpc) is 3.28. The van der Waals surface area contributed by atoms with Crippen LogP contribution in [0.3, 0.4) is 0 Å². The third-order valence-electron chi connectivity index (χ3n) is 10.4. The monoisotopic (exact) mass is 533 g/mol. The fourth-order valence-corrected chi connectivity index (χ4v) is 8.26. The van der Waals surface area contributed by atoms with Crippen LogP contribution in [0, 0.1) is 29.1 Å². The lowest BCUT2D eigenvalue weighted by Crippen LogP contribution is -2.47. The second-order valence-corrected chi connectivity index (χ2v) is 12.0. The molecule has 1 amide bonds. The first-order chi connectivity index (χ1) is 18.7. The number of nitrogens with zero attached hydrogens (tertiary/aromatic N) is 1. The van der Waals surface area contributed by atoms with Crippen molar-refractivity contribution in [3.8, 4) is 17.2 Å². The molecule has 2 fully saturated rings. The van der Waals surface area contributed by atoms with E-state index in [2.05, 4.69) is 13.8 Å². The van der Waals surface area contributed by atoms with Gasteiger partial charge in [0.15, 0.2) is 17.3 Å². The zero-order valence-electron chi connectivity index (χ0n) is 24.0. The zero-order chi connectivity index (χ0) is 27.9. The van der Waals surface area contributed by atoms with Crippen LogP contribution >= 0.6 is 0 Å². The summed E-state index contributed by atoms with van der Waals surface area (Å²) in [6.07, 6.45) is 5.50. The van der Waals surface area contributed by atoms with Crippen molar-refractivity contribution in [2.45, 2.75) is 65.7 Å². The van der Waals surface area contributed by atoms with Gasteiger partial charge in [0.05, 0.1) is 13.7 Å². The van der Waals surface area contributed by atoms with Crippen LogP contribution in [-0.4, -0.2) is 48.5 Å². The highest BCUT2D eigenvalue weighted by molar-refractivity contribution is 6.01. The number of ether oxygens (including phenoxy) is 2. The van der Waals surface area contributed by atoms with Gasteiger partial charge in [0.25, 0.3) is 5.91 Å². The number of amides is 1. The number of rotatable bonds is 8. The smallest absolute Gasteiger partial charge is 0.253 e. The van der Waals surface area contributed by atoms with Crippen LogP contribution in [0.15, 0.2) is 36.4 Å². The molecule has 3 aliphatic carbocycles. The maximum Gasteiger partial charge on any atom is 0.253 e. The van der Waals surface area contributed by atoms with E-state index in [1.165, 1.54) is 0 Å². The molecule has 6 atom stereocenters. The van der Waals surface area contributed by atoms with Crippen molar-refractivity contribution >= 4 is 11.7 Å². The number of benzene rings is 2. The molecule has 6 heteroatoms. The molecule has 0 heterocycles. The minimum Gasteiger partial charge on any atom is -0.508 e. The number of Topliss-reactive ketones (excluding diaryl/α,β-unsaturated/α-hetero) is 1. The lowest BCUT2D eigenvalue weighted by Gasteiger charge is -2.52. The molecule has 2 aromatic rings. The molecule has 6 nitrogen and oxygen atoms in total. The minimum absolute atomic E-state index is 0.000206. The van der Waals surface area contributed by atoms with Crippen LogP contribution in [-0.2, 0) is 0 Å². The Hall–Kier alpha value is -3.02. The number of hydrogen-bond donors (Lipinski definition) is 1. The minimum atomic E-state index is -0.0225. The Morgan fingerprint density at radius 2 is 1.85 bits per heavy atom. The quantitative estimate of drug-likeness (QED) is 0.408. The molecule has 2 aromatic carbocycles. The fraction of sp³-hybridized carbons (Fsp3) is 0.576. The zero-order valence-corrected chi connectivity index (χ0v) is 24.0. The second-order valence-electron chi connectivity index (χ2n) is 12.0. The van der Waals surface area contributed by atoms with Crippen molar-refractivity contribution in [3.63, 3.8) is 0 Å². The maximum absolute atomic E-state index is 13.4. The SMILES string of the molecule is CCN(CC)C(=O)c1ccc(OCC[C@H]2CCC3C4C(CCC32C)c2ccc(O)cc2C(=O)[C@H]4C)c(OC)c1. The van der Waals surface area contributed by atoms with Crippen molar-refractivity contribution in [2.75, 3.05) is 26.8 Å². The van der Waals surface area contributed by atoms with Crippen molar-refractivity contribution in [3.05, 3.63) is 53.1 Å². The molecule has 0 bridgehead atoms. The molecule has 3 aliphatic rings. The molecule has 0 saturated heterocycles. The molecule has 0 aromatic heterocycles.